The second-order valence-electron chi connectivity index (χ2n) is 11.0. The molecule has 1 aromatic heterocycles. The topological polar surface area (TPSA) is 101 Å². The van der Waals surface area contributed by atoms with Crippen LogP contribution in [-0.4, -0.2) is 110 Å². The summed E-state index contributed by atoms with van der Waals surface area (Å²) in [5.74, 6) is 0.510. The van der Waals surface area contributed by atoms with Crippen molar-refractivity contribution in [1.82, 2.24) is 25.0 Å². The number of aromatic nitrogens is 1. The number of H-pyrrole nitrogens is 1. The Bertz CT molecular complexity index is 1250. The molecule has 0 radical (unpaired) electrons. The molecule has 3 N–H and O–H groups in total. The fraction of sp³-hybridized carbons (Fsp3) is 0.615. The molecule has 1 unspecified atom stereocenters. The maximum atomic E-state index is 9.19. The molecule has 3 fully saturated rings. The predicted molar refractivity (Wildman–Crippen MR) is 140 cm³/mol. The molecule has 5 atom stereocenters. The normalized spacial score (nSPS) is 32.4. The minimum Gasteiger partial charge on any atom is -0.361 e. The first-order valence-corrected chi connectivity index (χ1v) is 14.9. The summed E-state index contributed by atoms with van der Waals surface area (Å²) in [6.07, 6.45) is 9.68. The lowest BCUT2D eigenvalue weighted by Crippen LogP contribution is -2.54. The van der Waals surface area contributed by atoms with E-state index < -0.39 is 10.1 Å². The van der Waals surface area contributed by atoms with Crippen molar-refractivity contribution in [2.75, 3.05) is 52.6 Å². The molecule has 5 aliphatic rings. The number of nitrogens with one attached hydrogen (secondary N) is 2. The van der Waals surface area contributed by atoms with Crippen molar-refractivity contribution in [2.24, 2.45) is 5.92 Å². The third-order valence-corrected chi connectivity index (χ3v) is 8.43. The first kappa shape index (κ1) is 24.5. The third-order valence-electron chi connectivity index (χ3n) is 8.43. The average Bonchev–Trinajstić information content (AvgIpc) is 3.55. The van der Waals surface area contributed by atoms with Crippen molar-refractivity contribution in [3.8, 4) is 0 Å². The molecule has 9 nitrogen and oxygen atoms in total. The van der Waals surface area contributed by atoms with Crippen LogP contribution in [0.3, 0.4) is 0 Å². The Morgan fingerprint density at radius 3 is 2.83 bits per heavy atom. The van der Waals surface area contributed by atoms with Crippen LogP contribution in [0.2, 0.25) is 0 Å². The maximum Gasteiger partial charge on any atom is 0.261 e. The van der Waals surface area contributed by atoms with Crippen LogP contribution in [-0.2, 0) is 21.3 Å². The zero-order valence-electron chi connectivity index (χ0n) is 21.1. The van der Waals surface area contributed by atoms with Gasteiger partial charge in [0.25, 0.3) is 10.1 Å². The Balaban J connectivity index is 0.000000441. The molecule has 36 heavy (non-hydrogen) atoms. The molecule has 7 rings (SSSR count). The highest BCUT2D eigenvalue weighted by Crippen LogP contribution is 2.40. The van der Waals surface area contributed by atoms with Gasteiger partial charge in [-0.15, -0.1) is 0 Å². The maximum absolute atomic E-state index is 9.19. The standard InChI is InChI=1S/C25H33N5O.CH4O3S/c1-28-14-16(10-19-18-4-2-5-20-24(18)17(13-26-20)11-22(19)28)12-27-23-15-30-9-8-29-7-3-6-21(29)25(30)31-23;1-5(2,3)4/h2,4-5,10,13,16,21-23,25-27H,3,6-9,11-12,14-15H2,1H3;1H3,(H,2,3,4)/t16-,21-,22+,23+,25?;/m0./s1. The molecular formula is C26H37N5O4S. The summed E-state index contributed by atoms with van der Waals surface area (Å²) >= 11 is 0. The summed E-state index contributed by atoms with van der Waals surface area (Å²) in [4.78, 5) is 11.2. The van der Waals surface area contributed by atoms with E-state index in [2.05, 4.69) is 62.5 Å². The van der Waals surface area contributed by atoms with E-state index in [0.29, 0.717) is 30.5 Å². The second-order valence-corrected chi connectivity index (χ2v) is 12.4. The van der Waals surface area contributed by atoms with E-state index in [0.717, 1.165) is 32.6 Å². The number of nitrogens with zero attached hydrogens (tertiary/aromatic N) is 3. The smallest absolute Gasteiger partial charge is 0.261 e. The van der Waals surface area contributed by atoms with Crippen molar-refractivity contribution in [3.05, 3.63) is 41.6 Å². The Hall–Kier alpha value is -1.79. The lowest BCUT2D eigenvalue weighted by molar-refractivity contribution is -0.0795. The van der Waals surface area contributed by atoms with Crippen LogP contribution in [0.1, 0.15) is 24.0 Å². The Kier molecular flexibility index (Phi) is 6.48. The largest absolute Gasteiger partial charge is 0.361 e. The Morgan fingerprint density at radius 2 is 2.00 bits per heavy atom. The number of aromatic amines is 1. The van der Waals surface area contributed by atoms with E-state index in [1.165, 1.54) is 53.5 Å². The Labute approximate surface area is 213 Å². The van der Waals surface area contributed by atoms with Gasteiger partial charge in [0, 0.05) is 67.8 Å². The lowest BCUT2D eigenvalue weighted by Gasteiger charge is -2.40. The van der Waals surface area contributed by atoms with Crippen LogP contribution < -0.4 is 5.32 Å². The molecule has 0 bridgehead atoms. The SMILES string of the molecule is CN1C[C@H](CN[C@H]2CN3CCN4CCC[C@H]4C3O2)C=C2c3cccc4[nH]cc(c34)C[C@H]21.CS(=O)(=O)O. The molecule has 0 amide bonds. The summed E-state index contributed by atoms with van der Waals surface area (Å²) in [6, 6.07) is 7.81. The van der Waals surface area contributed by atoms with Crippen LogP contribution in [0.5, 0.6) is 0 Å². The summed E-state index contributed by atoms with van der Waals surface area (Å²) in [5.41, 5.74) is 5.68. The number of hydrogen-bond acceptors (Lipinski definition) is 7. The molecule has 2 aromatic rings. The Morgan fingerprint density at radius 1 is 1.19 bits per heavy atom. The molecule has 1 aromatic carbocycles. The monoisotopic (exact) mass is 515 g/mol. The first-order chi connectivity index (χ1) is 17.2. The highest BCUT2D eigenvalue weighted by atomic mass is 32.2. The van der Waals surface area contributed by atoms with Crippen molar-refractivity contribution in [3.63, 3.8) is 0 Å². The van der Waals surface area contributed by atoms with Crippen LogP contribution in [0.4, 0.5) is 0 Å². The molecule has 3 saturated heterocycles. The minimum absolute atomic E-state index is 0.165. The molecule has 196 valence electrons. The lowest BCUT2D eigenvalue weighted by atomic mass is 9.80. The van der Waals surface area contributed by atoms with Gasteiger partial charge in [-0.25, -0.2) is 0 Å². The second kappa shape index (κ2) is 9.50. The number of benzene rings is 1. The summed E-state index contributed by atoms with van der Waals surface area (Å²) in [6.45, 7) is 6.74. The third kappa shape index (κ3) is 4.76. The van der Waals surface area contributed by atoms with Gasteiger partial charge < -0.3 is 9.72 Å². The molecule has 4 aliphatic heterocycles. The van der Waals surface area contributed by atoms with Crippen LogP contribution in [0.25, 0.3) is 16.5 Å². The number of fused-ring (bicyclic) bond motifs is 5. The number of piperazine rings is 1. The van der Waals surface area contributed by atoms with Gasteiger partial charge in [0.2, 0.25) is 0 Å². The van der Waals surface area contributed by atoms with Gasteiger partial charge in [-0.3, -0.25) is 24.6 Å². The number of likely N-dealkylation sites (N-methyl/N-ethyl adjacent to an activating group) is 1. The highest BCUT2D eigenvalue weighted by Gasteiger charge is 2.45. The van der Waals surface area contributed by atoms with E-state index in [1.54, 1.807) is 0 Å². The van der Waals surface area contributed by atoms with Gasteiger partial charge in [0.15, 0.2) is 0 Å². The van der Waals surface area contributed by atoms with E-state index in [4.69, 9.17) is 9.29 Å². The van der Waals surface area contributed by atoms with Gasteiger partial charge in [-0.1, -0.05) is 18.2 Å². The van der Waals surface area contributed by atoms with E-state index in [9.17, 15) is 8.42 Å². The van der Waals surface area contributed by atoms with Crippen LogP contribution >= 0.6 is 0 Å². The van der Waals surface area contributed by atoms with Gasteiger partial charge in [0.1, 0.15) is 12.5 Å². The summed E-state index contributed by atoms with van der Waals surface area (Å²) in [5, 5.41) is 5.22. The average molecular weight is 516 g/mol. The zero-order valence-corrected chi connectivity index (χ0v) is 21.9. The number of rotatable bonds is 3. The first-order valence-electron chi connectivity index (χ1n) is 13.1. The van der Waals surface area contributed by atoms with Crippen molar-refractivity contribution >= 4 is 26.6 Å². The van der Waals surface area contributed by atoms with Crippen molar-refractivity contribution in [1.29, 1.82) is 0 Å². The van der Waals surface area contributed by atoms with Gasteiger partial charge in [-0.05, 0) is 55.6 Å². The predicted octanol–water partition coefficient (Wildman–Crippen LogP) is 1.59. The number of hydrogen-bond donors (Lipinski definition) is 3. The van der Waals surface area contributed by atoms with Crippen LogP contribution in [0.15, 0.2) is 30.5 Å². The van der Waals surface area contributed by atoms with E-state index >= 15 is 0 Å². The molecule has 0 saturated carbocycles. The van der Waals surface area contributed by atoms with Crippen molar-refractivity contribution in [2.45, 2.75) is 43.8 Å². The zero-order chi connectivity index (χ0) is 25.0. The molecule has 0 spiro atoms. The fourth-order valence-electron chi connectivity index (χ4n) is 6.95. The van der Waals surface area contributed by atoms with E-state index in [-0.39, 0.29) is 6.23 Å². The number of ether oxygens (including phenoxy) is 1. The quantitative estimate of drug-likeness (QED) is 0.530. The molecule has 1 aliphatic carbocycles. The molecule has 10 heteroatoms. The van der Waals surface area contributed by atoms with Gasteiger partial charge in [0.05, 0.1) is 6.26 Å². The van der Waals surface area contributed by atoms with Crippen LogP contribution in [0, 0.1) is 5.92 Å². The molecular weight excluding hydrogens is 478 g/mol. The summed E-state index contributed by atoms with van der Waals surface area (Å²) < 4.78 is 32.4. The molecule has 5 heterocycles. The van der Waals surface area contributed by atoms with Gasteiger partial charge in [-0.2, -0.15) is 8.42 Å². The van der Waals surface area contributed by atoms with Crippen molar-refractivity contribution < 1.29 is 17.7 Å². The fourth-order valence-corrected chi connectivity index (χ4v) is 6.95. The van der Waals surface area contributed by atoms with E-state index in [1.807, 2.05) is 0 Å². The van der Waals surface area contributed by atoms with Gasteiger partial charge >= 0.3 is 0 Å². The highest BCUT2D eigenvalue weighted by molar-refractivity contribution is 7.85. The summed E-state index contributed by atoms with van der Waals surface area (Å²) in [7, 11) is -1.37. The minimum atomic E-state index is -3.67.